The quantitative estimate of drug-likeness (QED) is 0.787. The van der Waals surface area contributed by atoms with Crippen LogP contribution in [0.3, 0.4) is 0 Å². The molecule has 2 aliphatic heterocycles. The summed E-state index contributed by atoms with van der Waals surface area (Å²) < 4.78 is 10.5. The number of ether oxygens (including phenoxy) is 2. The molecular weight excluding hydrogens is 308 g/mol. The second-order valence-electron chi connectivity index (χ2n) is 7.46. The van der Waals surface area contributed by atoms with Gasteiger partial charge in [-0.3, -0.25) is 14.5 Å². The topological polar surface area (TPSA) is 59.1 Å². The van der Waals surface area contributed by atoms with Crippen LogP contribution in [0.25, 0.3) is 0 Å². The molecule has 1 aromatic rings. The number of rotatable bonds is 4. The van der Waals surface area contributed by atoms with Crippen LogP contribution in [0.1, 0.15) is 31.1 Å². The lowest BCUT2D eigenvalue weighted by molar-refractivity contribution is -0.141. The van der Waals surface area contributed by atoms with Crippen LogP contribution in [0.2, 0.25) is 0 Å². The molecule has 1 saturated heterocycles. The molecule has 130 valence electrons. The number of nitrogens with zero attached hydrogens (tertiary/aromatic N) is 2. The predicted molar refractivity (Wildman–Crippen MR) is 89.3 cm³/mol. The molecule has 0 bridgehead atoms. The monoisotopic (exact) mass is 332 g/mol. The predicted octanol–water partition coefficient (Wildman–Crippen LogP) is 1.79. The van der Waals surface area contributed by atoms with Crippen molar-refractivity contribution in [2.45, 2.75) is 26.3 Å². The molecule has 0 aliphatic carbocycles. The fourth-order valence-corrected chi connectivity index (χ4v) is 2.95. The van der Waals surface area contributed by atoms with Crippen LogP contribution in [0, 0.1) is 5.92 Å². The van der Waals surface area contributed by atoms with Gasteiger partial charge in [-0.05, 0) is 39.0 Å². The van der Waals surface area contributed by atoms with E-state index in [4.69, 9.17) is 9.47 Å². The minimum absolute atomic E-state index is 0.0150. The Labute approximate surface area is 142 Å². The Balaban J connectivity index is 1.56. The summed E-state index contributed by atoms with van der Waals surface area (Å²) in [6.45, 7) is 8.18. The van der Waals surface area contributed by atoms with Crippen LogP contribution in [0.15, 0.2) is 18.2 Å². The number of carbonyl (C=O) groups excluding carboxylic acids is 2. The van der Waals surface area contributed by atoms with E-state index in [2.05, 4.69) is 25.7 Å². The first-order valence-electron chi connectivity index (χ1n) is 8.18. The molecule has 2 heterocycles. The first kappa shape index (κ1) is 16.8. The van der Waals surface area contributed by atoms with Crippen LogP contribution in [0.4, 0.5) is 0 Å². The molecule has 0 N–H and O–H groups in total. The summed E-state index contributed by atoms with van der Waals surface area (Å²) in [5.74, 6) is 1.14. The molecule has 24 heavy (non-hydrogen) atoms. The molecule has 6 heteroatoms. The third kappa shape index (κ3) is 3.24. The molecule has 6 nitrogen and oxygen atoms in total. The Bertz CT molecular complexity index is 659. The highest BCUT2D eigenvalue weighted by Gasteiger charge is 2.39. The van der Waals surface area contributed by atoms with Crippen molar-refractivity contribution < 1.29 is 19.1 Å². The van der Waals surface area contributed by atoms with Gasteiger partial charge in [0.05, 0.1) is 12.5 Å². The van der Waals surface area contributed by atoms with Crippen molar-refractivity contribution in [1.82, 2.24) is 9.80 Å². The number of ketones is 1. The highest BCUT2D eigenvalue weighted by Crippen LogP contribution is 2.32. The molecule has 0 saturated carbocycles. The van der Waals surface area contributed by atoms with Crippen molar-refractivity contribution >= 4 is 11.7 Å². The van der Waals surface area contributed by atoms with Gasteiger partial charge in [0.2, 0.25) is 12.7 Å². The van der Waals surface area contributed by atoms with E-state index < -0.39 is 0 Å². The lowest BCUT2D eigenvalue weighted by Crippen LogP contribution is -2.60. The zero-order chi connectivity index (χ0) is 17.5. The molecule has 1 amide bonds. The second kappa shape index (κ2) is 6.09. The Morgan fingerprint density at radius 3 is 2.54 bits per heavy atom. The Kier molecular flexibility index (Phi) is 4.25. The summed E-state index contributed by atoms with van der Waals surface area (Å²) in [5.41, 5.74) is 0.612. The fourth-order valence-electron chi connectivity index (χ4n) is 2.95. The number of carbonyl (C=O) groups is 2. The van der Waals surface area contributed by atoms with E-state index in [9.17, 15) is 9.59 Å². The number of likely N-dealkylation sites (N-methyl/N-ethyl adjacent to an activating group) is 1. The largest absolute Gasteiger partial charge is 0.454 e. The van der Waals surface area contributed by atoms with Crippen molar-refractivity contribution in [2.75, 3.05) is 33.5 Å². The molecule has 0 aromatic heterocycles. The lowest BCUT2D eigenvalue weighted by atomic mass is 9.91. The molecular formula is C18H24N2O4. The van der Waals surface area contributed by atoms with Crippen molar-refractivity contribution in [3.8, 4) is 11.5 Å². The summed E-state index contributed by atoms with van der Waals surface area (Å²) in [5, 5.41) is 0. The van der Waals surface area contributed by atoms with E-state index in [0.717, 1.165) is 13.1 Å². The summed E-state index contributed by atoms with van der Waals surface area (Å²) in [6.07, 6.45) is 0. The van der Waals surface area contributed by atoms with E-state index in [1.165, 1.54) is 4.90 Å². The summed E-state index contributed by atoms with van der Waals surface area (Å²) >= 11 is 0. The normalized spacial score (nSPS) is 17.5. The fraction of sp³-hybridized carbons (Fsp3) is 0.556. The van der Waals surface area contributed by atoms with Gasteiger partial charge in [-0.15, -0.1) is 0 Å². The third-order valence-corrected chi connectivity index (χ3v) is 4.63. The number of Topliss-reactive ketones (excluding diaryl/α,β-unsaturated/α-hetero) is 1. The first-order chi connectivity index (χ1) is 11.3. The van der Waals surface area contributed by atoms with Crippen LogP contribution < -0.4 is 9.47 Å². The molecule has 1 fully saturated rings. The molecule has 0 unspecified atom stereocenters. The SMILES string of the molecule is CN(CC(=O)c1ccc2c(c1)OCO2)C(=O)C1CN(C(C)(C)C)C1. The van der Waals surface area contributed by atoms with E-state index >= 15 is 0 Å². The van der Waals surface area contributed by atoms with Gasteiger partial charge < -0.3 is 14.4 Å². The molecule has 0 atom stereocenters. The maximum atomic E-state index is 12.5. The van der Waals surface area contributed by atoms with Gasteiger partial charge in [0.15, 0.2) is 17.3 Å². The smallest absolute Gasteiger partial charge is 0.231 e. The number of likely N-dealkylation sites (tertiary alicyclic amines) is 1. The van der Waals surface area contributed by atoms with Crippen LogP contribution in [-0.2, 0) is 4.79 Å². The van der Waals surface area contributed by atoms with E-state index in [-0.39, 0.29) is 36.5 Å². The summed E-state index contributed by atoms with van der Waals surface area (Å²) in [6, 6.07) is 5.11. The molecule has 0 spiro atoms. The van der Waals surface area contributed by atoms with Gasteiger partial charge in [-0.2, -0.15) is 0 Å². The van der Waals surface area contributed by atoms with Crippen LogP contribution in [-0.4, -0.2) is 60.5 Å². The molecule has 1 aromatic carbocycles. The van der Waals surface area contributed by atoms with E-state index in [1.54, 1.807) is 25.2 Å². The summed E-state index contributed by atoms with van der Waals surface area (Å²) in [7, 11) is 1.69. The van der Waals surface area contributed by atoms with E-state index in [0.29, 0.717) is 17.1 Å². The Morgan fingerprint density at radius 1 is 1.21 bits per heavy atom. The lowest BCUT2D eigenvalue weighted by Gasteiger charge is -2.47. The van der Waals surface area contributed by atoms with Crippen molar-refractivity contribution in [3.63, 3.8) is 0 Å². The number of fused-ring (bicyclic) bond motifs is 1. The Hall–Kier alpha value is -2.08. The van der Waals surface area contributed by atoms with Crippen LogP contribution in [0.5, 0.6) is 11.5 Å². The number of amides is 1. The van der Waals surface area contributed by atoms with Gasteiger partial charge in [-0.1, -0.05) is 0 Å². The van der Waals surface area contributed by atoms with Gasteiger partial charge in [0.1, 0.15) is 0 Å². The molecule has 3 rings (SSSR count). The number of hydrogen-bond acceptors (Lipinski definition) is 5. The third-order valence-electron chi connectivity index (χ3n) is 4.63. The van der Waals surface area contributed by atoms with Crippen molar-refractivity contribution in [1.29, 1.82) is 0 Å². The van der Waals surface area contributed by atoms with Crippen molar-refractivity contribution in [3.05, 3.63) is 23.8 Å². The zero-order valence-corrected chi connectivity index (χ0v) is 14.7. The van der Waals surface area contributed by atoms with Crippen LogP contribution >= 0.6 is 0 Å². The van der Waals surface area contributed by atoms with E-state index in [1.807, 2.05) is 0 Å². The second-order valence-corrected chi connectivity index (χ2v) is 7.46. The molecule has 0 radical (unpaired) electrons. The summed E-state index contributed by atoms with van der Waals surface area (Å²) in [4.78, 5) is 28.7. The standard InChI is InChI=1S/C18H24N2O4/c1-18(2,3)20-8-13(9-20)17(22)19(4)10-14(21)12-5-6-15-16(7-12)24-11-23-15/h5-7,13H,8-11H2,1-4H3. The van der Waals surface area contributed by atoms with Crippen molar-refractivity contribution in [2.24, 2.45) is 5.92 Å². The molecule has 2 aliphatic rings. The average Bonchev–Trinajstić information content (AvgIpc) is 2.91. The maximum absolute atomic E-state index is 12.5. The minimum Gasteiger partial charge on any atom is -0.454 e. The van der Waals surface area contributed by atoms with Gasteiger partial charge in [0.25, 0.3) is 0 Å². The minimum atomic E-state index is -0.101. The van der Waals surface area contributed by atoms with Gasteiger partial charge >= 0.3 is 0 Å². The first-order valence-corrected chi connectivity index (χ1v) is 8.18. The Morgan fingerprint density at radius 2 is 1.88 bits per heavy atom. The maximum Gasteiger partial charge on any atom is 0.231 e. The zero-order valence-electron chi connectivity index (χ0n) is 14.7. The van der Waals surface area contributed by atoms with Gasteiger partial charge in [0, 0.05) is 31.2 Å². The van der Waals surface area contributed by atoms with Gasteiger partial charge in [-0.25, -0.2) is 0 Å². The average molecular weight is 332 g/mol. The number of hydrogen-bond donors (Lipinski definition) is 0. The highest BCUT2D eigenvalue weighted by molar-refractivity contribution is 6.00. The number of benzene rings is 1. The highest BCUT2D eigenvalue weighted by atomic mass is 16.7.